The third kappa shape index (κ3) is 1.15. The van der Waals surface area contributed by atoms with Crippen molar-refractivity contribution in [3.8, 4) is 0 Å². The van der Waals surface area contributed by atoms with Crippen LogP contribution in [0.4, 0.5) is 0 Å². The van der Waals surface area contributed by atoms with Gasteiger partial charge in [-0.3, -0.25) is 0 Å². The second-order valence-electron chi connectivity index (χ2n) is 3.38. The highest BCUT2D eigenvalue weighted by Gasteiger charge is 2.30. The van der Waals surface area contributed by atoms with E-state index < -0.39 is 0 Å². The van der Waals surface area contributed by atoms with Crippen LogP contribution in [0.15, 0.2) is 0 Å². The molecule has 9 heavy (non-hydrogen) atoms. The first-order valence-corrected chi connectivity index (χ1v) is 3.97. The Balaban J connectivity index is 0.000000405. The maximum Gasteiger partial charge on any atom is 0 e. The number of hydrogen-bond donors (Lipinski definition) is 0. The van der Waals surface area contributed by atoms with Crippen LogP contribution in [0.3, 0.4) is 0 Å². The molecule has 2 aliphatic carbocycles. The SMILES string of the molecule is C1CC2CCCC2C1.[B]. The number of rotatable bonds is 0. The minimum absolute atomic E-state index is 0. The van der Waals surface area contributed by atoms with E-state index in [4.69, 9.17) is 0 Å². The molecule has 0 spiro atoms. The van der Waals surface area contributed by atoms with Crippen LogP contribution < -0.4 is 0 Å². The molecular formula is C8H14B. The largest absolute Gasteiger partial charge is 0.0528 e. The van der Waals surface area contributed by atoms with E-state index in [9.17, 15) is 0 Å². The summed E-state index contributed by atoms with van der Waals surface area (Å²) < 4.78 is 0. The van der Waals surface area contributed by atoms with Gasteiger partial charge in [-0.25, -0.2) is 0 Å². The molecule has 2 saturated carbocycles. The molecule has 1 heteroatoms. The quantitative estimate of drug-likeness (QED) is 0.431. The van der Waals surface area contributed by atoms with Crippen LogP contribution in [0.25, 0.3) is 0 Å². The molecule has 0 bridgehead atoms. The summed E-state index contributed by atoms with van der Waals surface area (Å²) in [5.41, 5.74) is 0. The third-order valence-corrected chi connectivity index (χ3v) is 2.97. The highest BCUT2D eigenvalue weighted by molar-refractivity contribution is 5.75. The van der Waals surface area contributed by atoms with E-state index in [0.29, 0.717) is 0 Å². The summed E-state index contributed by atoms with van der Waals surface area (Å²) in [5.74, 6) is 2.35. The van der Waals surface area contributed by atoms with Crippen LogP contribution >= 0.6 is 0 Å². The Hall–Kier alpha value is 0.0649. The Morgan fingerprint density at radius 2 is 1.00 bits per heavy atom. The topological polar surface area (TPSA) is 0 Å². The highest BCUT2D eigenvalue weighted by Crippen LogP contribution is 2.43. The summed E-state index contributed by atoms with van der Waals surface area (Å²) in [5, 5.41) is 0. The molecule has 0 aromatic heterocycles. The molecule has 0 amide bonds. The summed E-state index contributed by atoms with van der Waals surface area (Å²) in [6.07, 6.45) is 9.31. The molecule has 3 radical (unpaired) electrons. The minimum Gasteiger partial charge on any atom is -0.0528 e. The average molecular weight is 121 g/mol. The Bertz CT molecular complexity index is 70.6. The van der Waals surface area contributed by atoms with Crippen molar-refractivity contribution >= 4 is 8.41 Å². The molecule has 0 aromatic carbocycles. The Morgan fingerprint density at radius 3 is 1.33 bits per heavy atom. The molecule has 0 heterocycles. The van der Waals surface area contributed by atoms with Gasteiger partial charge in [0.05, 0.1) is 0 Å². The van der Waals surface area contributed by atoms with Gasteiger partial charge in [-0.15, -0.1) is 0 Å². The molecule has 0 atom stereocenters. The molecule has 0 N–H and O–H groups in total. The maximum absolute atomic E-state index is 1.56. The minimum atomic E-state index is 0. The van der Waals surface area contributed by atoms with Crippen molar-refractivity contribution in [2.45, 2.75) is 38.5 Å². The van der Waals surface area contributed by atoms with Crippen LogP contribution in [0, 0.1) is 11.8 Å². The molecule has 2 rings (SSSR count). The fourth-order valence-corrected chi connectivity index (χ4v) is 2.52. The van der Waals surface area contributed by atoms with Crippen molar-refractivity contribution < 1.29 is 0 Å². The molecule has 0 saturated heterocycles. The zero-order valence-corrected chi connectivity index (χ0v) is 5.97. The van der Waals surface area contributed by atoms with Gasteiger partial charge in [0, 0.05) is 8.41 Å². The lowest BCUT2D eigenvalue weighted by Gasteiger charge is -2.04. The fraction of sp³-hybridized carbons (Fsp3) is 1.00. The van der Waals surface area contributed by atoms with E-state index in [1.807, 2.05) is 0 Å². The number of fused-ring (bicyclic) bond motifs is 1. The Kier molecular flexibility index (Phi) is 2.20. The summed E-state index contributed by atoms with van der Waals surface area (Å²) in [6.45, 7) is 0. The van der Waals surface area contributed by atoms with Gasteiger partial charge in [-0.05, 0) is 11.8 Å². The molecule has 2 fully saturated rings. The monoisotopic (exact) mass is 121 g/mol. The summed E-state index contributed by atoms with van der Waals surface area (Å²) in [7, 11) is 0. The third-order valence-electron chi connectivity index (χ3n) is 2.97. The second-order valence-corrected chi connectivity index (χ2v) is 3.38. The average Bonchev–Trinajstić information content (AvgIpc) is 2.15. The van der Waals surface area contributed by atoms with Crippen molar-refractivity contribution in [2.24, 2.45) is 11.8 Å². The van der Waals surface area contributed by atoms with E-state index in [1.54, 1.807) is 25.7 Å². The predicted molar refractivity (Wildman–Crippen MR) is 40.4 cm³/mol. The van der Waals surface area contributed by atoms with Gasteiger partial charge in [0.25, 0.3) is 0 Å². The number of hydrogen-bond acceptors (Lipinski definition) is 0. The second kappa shape index (κ2) is 2.77. The zero-order chi connectivity index (χ0) is 5.40. The molecule has 0 aliphatic heterocycles. The lowest BCUT2D eigenvalue weighted by molar-refractivity contribution is 0.457. The van der Waals surface area contributed by atoms with Gasteiger partial charge in [0.15, 0.2) is 0 Å². The van der Waals surface area contributed by atoms with E-state index in [2.05, 4.69) is 0 Å². The molecule has 49 valence electrons. The first-order valence-electron chi connectivity index (χ1n) is 3.97. The van der Waals surface area contributed by atoms with Crippen molar-refractivity contribution in [3.63, 3.8) is 0 Å². The van der Waals surface area contributed by atoms with Crippen LogP contribution in [0.1, 0.15) is 38.5 Å². The first-order chi connectivity index (χ1) is 3.97. The van der Waals surface area contributed by atoms with E-state index in [-0.39, 0.29) is 8.41 Å². The van der Waals surface area contributed by atoms with Gasteiger partial charge in [0.2, 0.25) is 0 Å². The van der Waals surface area contributed by atoms with Gasteiger partial charge < -0.3 is 0 Å². The molecule has 0 aromatic rings. The Morgan fingerprint density at radius 1 is 0.667 bits per heavy atom. The normalized spacial score (nSPS) is 40.0. The van der Waals surface area contributed by atoms with Gasteiger partial charge in [-0.1, -0.05) is 38.5 Å². The van der Waals surface area contributed by atoms with Crippen LogP contribution in [-0.4, -0.2) is 8.41 Å². The van der Waals surface area contributed by atoms with E-state index in [1.165, 1.54) is 24.7 Å². The lowest BCUT2D eigenvalue weighted by Crippen LogP contribution is -1.95. The lowest BCUT2D eigenvalue weighted by atomic mass is 10.0. The van der Waals surface area contributed by atoms with Gasteiger partial charge in [0.1, 0.15) is 0 Å². The van der Waals surface area contributed by atoms with E-state index in [0.717, 1.165) is 0 Å². The molecular weight excluding hydrogens is 107 g/mol. The summed E-state index contributed by atoms with van der Waals surface area (Å²) in [6, 6.07) is 0. The molecule has 2 aliphatic rings. The summed E-state index contributed by atoms with van der Waals surface area (Å²) >= 11 is 0. The predicted octanol–water partition coefficient (Wildman–Crippen LogP) is 2.21. The Labute approximate surface area is 59.6 Å². The zero-order valence-electron chi connectivity index (χ0n) is 5.97. The standard InChI is InChI=1S/C8H14.B/c1-3-7-5-2-6-8(7)4-1;/h7-8H,1-6H2;. The van der Waals surface area contributed by atoms with Crippen LogP contribution in [0.5, 0.6) is 0 Å². The van der Waals surface area contributed by atoms with Crippen molar-refractivity contribution in [1.29, 1.82) is 0 Å². The van der Waals surface area contributed by atoms with Crippen molar-refractivity contribution in [1.82, 2.24) is 0 Å². The maximum atomic E-state index is 1.56. The smallest absolute Gasteiger partial charge is 0 e. The molecule has 0 nitrogen and oxygen atoms in total. The fourth-order valence-electron chi connectivity index (χ4n) is 2.52. The van der Waals surface area contributed by atoms with Crippen molar-refractivity contribution in [3.05, 3.63) is 0 Å². The van der Waals surface area contributed by atoms with Gasteiger partial charge in [-0.2, -0.15) is 0 Å². The van der Waals surface area contributed by atoms with Crippen molar-refractivity contribution in [2.75, 3.05) is 0 Å². The van der Waals surface area contributed by atoms with Gasteiger partial charge >= 0.3 is 0 Å². The van der Waals surface area contributed by atoms with E-state index >= 15 is 0 Å². The highest BCUT2D eigenvalue weighted by atomic mass is 14.4. The first kappa shape index (κ1) is 7.18. The molecule has 0 unspecified atom stereocenters. The summed E-state index contributed by atoms with van der Waals surface area (Å²) in [4.78, 5) is 0. The van der Waals surface area contributed by atoms with Crippen LogP contribution in [0.2, 0.25) is 0 Å². The van der Waals surface area contributed by atoms with Crippen LogP contribution in [-0.2, 0) is 0 Å².